The van der Waals surface area contributed by atoms with Gasteiger partial charge in [0.15, 0.2) is 0 Å². The van der Waals surface area contributed by atoms with Gasteiger partial charge in [0.05, 0.1) is 30.7 Å². The van der Waals surface area contributed by atoms with Gasteiger partial charge in [0.2, 0.25) is 0 Å². The van der Waals surface area contributed by atoms with Crippen LogP contribution in [0.1, 0.15) is 36.8 Å². The maximum absolute atomic E-state index is 5.74. The molecule has 1 atom stereocenters. The summed E-state index contributed by atoms with van der Waals surface area (Å²) in [6, 6.07) is 3.84. The van der Waals surface area contributed by atoms with Gasteiger partial charge >= 0.3 is 0 Å². The van der Waals surface area contributed by atoms with Gasteiger partial charge in [-0.3, -0.25) is 15.5 Å². The van der Waals surface area contributed by atoms with Crippen LogP contribution in [0, 0.1) is 0 Å². The summed E-state index contributed by atoms with van der Waals surface area (Å²) in [6.45, 7) is 4.95. The molecule has 0 spiro atoms. The lowest BCUT2D eigenvalue weighted by molar-refractivity contribution is 0.411. The lowest BCUT2D eigenvalue weighted by atomic mass is 10.1. The molecule has 0 amide bonds. The standard InChI is InChI=1S/C14H21N5O/c1-4-11-7-13(19(5-2)18-11)14(17-15)10-6-12(20-3)9-16-8-10/h6-9,14,17H,4-5,15H2,1-3H3. The second-order valence-corrected chi connectivity index (χ2v) is 4.49. The van der Waals surface area contributed by atoms with Crippen molar-refractivity contribution in [2.75, 3.05) is 7.11 Å². The number of aromatic nitrogens is 3. The summed E-state index contributed by atoms with van der Waals surface area (Å²) in [4.78, 5) is 4.18. The Morgan fingerprint density at radius 3 is 2.75 bits per heavy atom. The van der Waals surface area contributed by atoms with Gasteiger partial charge in [0.25, 0.3) is 0 Å². The van der Waals surface area contributed by atoms with E-state index in [0.717, 1.165) is 29.9 Å². The van der Waals surface area contributed by atoms with E-state index in [4.69, 9.17) is 10.6 Å². The fourth-order valence-electron chi connectivity index (χ4n) is 2.20. The number of pyridine rings is 1. The number of nitrogens with two attached hydrogens (primary N) is 1. The molecule has 0 fully saturated rings. The maximum Gasteiger partial charge on any atom is 0.137 e. The molecule has 108 valence electrons. The average molecular weight is 275 g/mol. The van der Waals surface area contributed by atoms with Gasteiger partial charge in [-0.1, -0.05) is 6.92 Å². The summed E-state index contributed by atoms with van der Waals surface area (Å²) in [5.41, 5.74) is 5.87. The maximum atomic E-state index is 5.74. The highest BCUT2D eigenvalue weighted by Crippen LogP contribution is 2.24. The molecular weight excluding hydrogens is 254 g/mol. The summed E-state index contributed by atoms with van der Waals surface area (Å²) >= 11 is 0. The van der Waals surface area contributed by atoms with E-state index in [0.29, 0.717) is 5.75 Å². The Balaban J connectivity index is 2.43. The fraction of sp³-hybridized carbons (Fsp3) is 0.429. The van der Waals surface area contributed by atoms with E-state index in [2.05, 4.69) is 35.4 Å². The number of hydrogen-bond donors (Lipinski definition) is 2. The predicted molar refractivity (Wildman–Crippen MR) is 77.2 cm³/mol. The zero-order valence-corrected chi connectivity index (χ0v) is 12.1. The van der Waals surface area contributed by atoms with Crippen LogP contribution in [0.25, 0.3) is 0 Å². The van der Waals surface area contributed by atoms with Crippen LogP contribution in [0.5, 0.6) is 5.75 Å². The Labute approximate surface area is 118 Å². The number of ether oxygens (including phenoxy) is 1. The Morgan fingerprint density at radius 2 is 2.15 bits per heavy atom. The molecule has 0 saturated carbocycles. The molecular formula is C14H21N5O. The van der Waals surface area contributed by atoms with Crippen molar-refractivity contribution in [3.63, 3.8) is 0 Å². The van der Waals surface area contributed by atoms with Crippen LogP contribution in [0.2, 0.25) is 0 Å². The van der Waals surface area contributed by atoms with E-state index in [9.17, 15) is 0 Å². The lowest BCUT2D eigenvalue weighted by Gasteiger charge is -2.17. The Morgan fingerprint density at radius 1 is 1.35 bits per heavy atom. The third-order valence-electron chi connectivity index (χ3n) is 3.29. The van der Waals surface area contributed by atoms with Crippen LogP contribution in [-0.2, 0) is 13.0 Å². The average Bonchev–Trinajstić information content (AvgIpc) is 2.91. The normalized spacial score (nSPS) is 12.4. The quantitative estimate of drug-likeness (QED) is 0.616. The Kier molecular flexibility index (Phi) is 4.70. The van der Waals surface area contributed by atoms with Gasteiger partial charge in [-0.15, -0.1) is 0 Å². The molecule has 0 aromatic carbocycles. The zero-order valence-electron chi connectivity index (χ0n) is 12.1. The third-order valence-corrected chi connectivity index (χ3v) is 3.29. The molecule has 0 aliphatic rings. The van der Waals surface area contributed by atoms with E-state index in [1.165, 1.54) is 0 Å². The highest BCUT2D eigenvalue weighted by Gasteiger charge is 2.19. The molecule has 0 aliphatic carbocycles. The monoisotopic (exact) mass is 275 g/mol. The van der Waals surface area contributed by atoms with Crippen LogP contribution in [0.4, 0.5) is 0 Å². The van der Waals surface area contributed by atoms with E-state index < -0.39 is 0 Å². The summed E-state index contributed by atoms with van der Waals surface area (Å²) in [5.74, 6) is 6.45. The van der Waals surface area contributed by atoms with Crippen LogP contribution >= 0.6 is 0 Å². The van der Waals surface area contributed by atoms with Crippen molar-refractivity contribution in [1.29, 1.82) is 0 Å². The van der Waals surface area contributed by atoms with Crippen LogP contribution < -0.4 is 16.0 Å². The minimum absolute atomic E-state index is 0.162. The van der Waals surface area contributed by atoms with Gasteiger partial charge in [0, 0.05) is 12.7 Å². The lowest BCUT2D eigenvalue weighted by Crippen LogP contribution is -2.30. The van der Waals surface area contributed by atoms with E-state index in [1.54, 1.807) is 19.5 Å². The van der Waals surface area contributed by atoms with Gasteiger partial charge in [-0.2, -0.15) is 5.10 Å². The predicted octanol–water partition coefficient (Wildman–Crippen LogP) is 1.42. The molecule has 0 bridgehead atoms. The molecule has 20 heavy (non-hydrogen) atoms. The molecule has 2 heterocycles. The zero-order chi connectivity index (χ0) is 14.5. The van der Waals surface area contributed by atoms with E-state index in [1.807, 2.05) is 10.7 Å². The van der Waals surface area contributed by atoms with E-state index >= 15 is 0 Å². The molecule has 6 nitrogen and oxygen atoms in total. The smallest absolute Gasteiger partial charge is 0.137 e. The van der Waals surface area contributed by atoms with Crippen molar-refractivity contribution >= 4 is 0 Å². The minimum atomic E-state index is -0.162. The molecule has 2 rings (SSSR count). The van der Waals surface area contributed by atoms with Crippen molar-refractivity contribution < 1.29 is 4.74 Å². The highest BCUT2D eigenvalue weighted by molar-refractivity contribution is 5.32. The molecule has 3 N–H and O–H groups in total. The number of hydrogen-bond acceptors (Lipinski definition) is 5. The molecule has 2 aromatic heterocycles. The Bertz CT molecular complexity index is 566. The summed E-state index contributed by atoms with van der Waals surface area (Å²) < 4.78 is 7.18. The third kappa shape index (κ3) is 2.81. The molecule has 0 radical (unpaired) electrons. The first-order chi connectivity index (χ1) is 9.73. The Hall–Kier alpha value is -1.92. The number of aryl methyl sites for hydroxylation is 2. The molecule has 0 aliphatic heterocycles. The van der Waals surface area contributed by atoms with Crippen molar-refractivity contribution in [2.24, 2.45) is 5.84 Å². The van der Waals surface area contributed by atoms with Gasteiger partial charge in [-0.05, 0) is 31.0 Å². The molecule has 2 aromatic rings. The number of methoxy groups -OCH3 is 1. The van der Waals surface area contributed by atoms with Gasteiger partial charge < -0.3 is 4.74 Å². The van der Waals surface area contributed by atoms with Gasteiger partial charge in [-0.25, -0.2) is 5.43 Å². The SMILES string of the molecule is CCc1cc(C(NN)c2cncc(OC)c2)n(CC)n1. The topological polar surface area (TPSA) is 78.0 Å². The number of nitrogens with zero attached hydrogens (tertiary/aromatic N) is 3. The minimum Gasteiger partial charge on any atom is -0.495 e. The second kappa shape index (κ2) is 6.49. The first-order valence-corrected chi connectivity index (χ1v) is 6.75. The summed E-state index contributed by atoms with van der Waals surface area (Å²) in [5, 5.41) is 4.55. The van der Waals surface area contributed by atoms with Crippen molar-refractivity contribution in [2.45, 2.75) is 32.9 Å². The first-order valence-electron chi connectivity index (χ1n) is 6.75. The van der Waals surface area contributed by atoms with Crippen molar-refractivity contribution in [3.8, 4) is 5.75 Å². The van der Waals surface area contributed by atoms with Crippen LogP contribution in [-0.4, -0.2) is 21.9 Å². The van der Waals surface area contributed by atoms with Crippen molar-refractivity contribution in [1.82, 2.24) is 20.2 Å². The van der Waals surface area contributed by atoms with E-state index in [-0.39, 0.29) is 6.04 Å². The molecule has 6 heteroatoms. The summed E-state index contributed by atoms with van der Waals surface area (Å²) in [6.07, 6.45) is 4.35. The molecule has 0 saturated heterocycles. The summed E-state index contributed by atoms with van der Waals surface area (Å²) in [7, 11) is 1.62. The van der Waals surface area contributed by atoms with Gasteiger partial charge in [0.1, 0.15) is 5.75 Å². The highest BCUT2D eigenvalue weighted by atomic mass is 16.5. The van der Waals surface area contributed by atoms with Crippen LogP contribution in [0.15, 0.2) is 24.5 Å². The number of hydrazine groups is 1. The number of rotatable bonds is 6. The fourth-order valence-corrected chi connectivity index (χ4v) is 2.20. The molecule has 1 unspecified atom stereocenters. The van der Waals surface area contributed by atoms with Crippen molar-refractivity contribution in [3.05, 3.63) is 41.5 Å². The first kappa shape index (κ1) is 14.5. The number of nitrogens with one attached hydrogen (secondary N) is 1. The second-order valence-electron chi connectivity index (χ2n) is 4.49. The largest absolute Gasteiger partial charge is 0.495 e. The van der Waals surface area contributed by atoms with Crippen LogP contribution in [0.3, 0.4) is 0 Å².